The van der Waals surface area contributed by atoms with Crippen LogP contribution in [0.15, 0.2) is 48.5 Å². The molecule has 19 heavy (non-hydrogen) atoms. The molecule has 0 saturated heterocycles. The lowest BCUT2D eigenvalue weighted by atomic mass is 10.1. The van der Waals surface area contributed by atoms with E-state index in [-0.39, 0.29) is 5.91 Å². The number of hydrogen-bond acceptors (Lipinski definition) is 1. The van der Waals surface area contributed by atoms with Gasteiger partial charge in [-0.2, -0.15) is 0 Å². The topological polar surface area (TPSA) is 20.3 Å². The van der Waals surface area contributed by atoms with Crippen molar-refractivity contribution in [3.05, 3.63) is 65.2 Å². The van der Waals surface area contributed by atoms with Crippen LogP contribution in [0.2, 0.25) is 0 Å². The highest BCUT2D eigenvalue weighted by atomic mass is 35.5. The molecule has 0 fully saturated rings. The summed E-state index contributed by atoms with van der Waals surface area (Å²) in [5.41, 5.74) is 3.66. The highest BCUT2D eigenvalue weighted by Crippen LogP contribution is 2.17. The van der Waals surface area contributed by atoms with E-state index in [4.69, 9.17) is 11.6 Å². The summed E-state index contributed by atoms with van der Waals surface area (Å²) in [4.78, 5) is 14.0. The van der Waals surface area contributed by atoms with Crippen molar-refractivity contribution in [1.82, 2.24) is 0 Å². The average molecular weight is 274 g/mol. The number of benzene rings is 2. The van der Waals surface area contributed by atoms with E-state index in [2.05, 4.69) is 0 Å². The molecule has 0 aromatic heterocycles. The maximum atomic E-state index is 12.4. The van der Waals surface area contributed by atoms with Crippen LogP contribution in [0.5, 0.6) is 0 Å². The molecule has 0 unspecified atom stereocenters. The molecule has 0 radical (unpaired) electrons. The second-order valence-corrected chi connectivity index (χ2v) is 4.80. The predicted octanol–water partition coefficient (Wildman–Crippen LogP) is 4.01. The van der Waals surface area contributed by atoms with Crippen molar-refractivity contribution < 1.29 is 4.79 Å². The molecule has 0 spiro atoms. The molecule has 2 nitrogen and oxygen atoms in total. The summed E-state index contributed by atoms with van der Waals surface area (Å²) in [7, 11) is 1.78. The Morgan fingerprint density at radius 2 is 1.84 bits per heavy atom. The van der Waals surface area contributed by atoms with E-state index >= 15 is 0 Å². The molecule has 0 aliphatic rings. The van der Waals surface area contributed by atoms with Crippen LogP contribution in [-0.2, 0) is 5.88 Å². The molecule has 0 aliphatic carbocycles. The van der Waals surface area contributed by atoms with Crippen molar-refractivity contribution in [2.45, 2.75) is 12.8 Å². The number of rotatable bonds is 3. The highest BCUT2D eigenvalue weighted by Gasteiger charge is 2.13. The quantitative estimate of drug-likeness (QED) is 0.774. The van der Waals surface area contributed by atoms with E-state index in [1.54, 1.807) is 11.9 Å². The van der Waals surface area contributed by atoms with E-state index in [0.29, 0.717) is 11.4 Å². The first-order valence-electron chi connectivity index (χ1n) is 6.11. The van der Waals surface area contributed by atoms with Crippen LogP contribution in [0, 0.1) is 6.92 Å². The van der Waals surface area contributed by atoms with Crippen molar-refractivity contribution in [3.63, 3.8) is 0 Å². The first-order chi connectivity index (χ1) is 9.11. The number of amides is 1. The summed E-state index contributed by atoms with van der Waals surface area (Å²) >= 11 is 5.79. The number of alkyl halides is 1. The molecule has 1 amide bonds. The van der Waals surface area contributed by atoms with E-state index in [9.17, 15) is 4.79 Å². The fraction of sp³-hybridized carbons (Fsp3) is 0.188. The molecule has 0 N–H and O–H groups in total. The van der Waals surface area contributed by atoms with Gasteiger partial charge in [0.25, 0.3) is 5.91 Å². The Hall–Kier alpha value is -1.80. The molecular weight excluding hydrogens is 258 g/mol. The largest absolute Gasteiger partial charge is 0.311 e. The Kier molecular flexibility index (Phi) is 4.23. The van der Waals surface area contributed by atoms with Crippen LogP contribution >= 0.6 is 11.6 Å². The summed E-state index contributed by atoms with van der Waals surface area (Å²) in [5, 5.41) is 0. The molecular formula is C16H16ClNO. The molecule has 0 saturated carbocycles. The van der Waals surface area contributed by atoms with Gasteiger partial charge in [0.15, 0.2) is 0 Å². The van der Waals surface area contributed by atoms with Crippen LogP contribution in [0.4, 0.5) is 5.69 Å². The van der Waals surface area contributed by atoms with Gasteiger partial charge in [-0.05, 0) is 36.8 Å². The second-order valence-electron chi connectivity index (χ2n) is 4.53. The van der Waals surface area contributed by atoms with Crippen LogP contribution in [0.3, 0.4) is 0 Å². The van der Waals surface area contributed by atoms with Gasteiger partial charge in [-0.3, -0.25) is 4.79 Å². The molecule has 0 aliphatic heterocycles. The Morgan fingerprint density at radius 1 is 1.16 bits per heavy atom. The van der Waals surface area contributed by atoms with Gasteiger partial charge in [0.1, 0.15) is 0 Å². The maximum absolute atomic E-state index is 12.4. The molecule has 3 heteroatoms. The molecule has 2 aromatic rings. The van der Waals surface area contributed by atoms with E-state index in [1.165, 1.54) is 5.56 Å². The number of aryl methyl sites for hydroxylation is 1. The molecule has 0 bridgehead atoms. The number of halogens is 1. The van der Waals surface area contributed by atoms with Crippen molar-refractivity contribution in [1.29, 1.82) is 0 Å². The minimum Gasteiger partial charge on any atom is -0.311 e. The minimum atomic E-state index is -0.0316. The maximum Gasteiger partial charge on any atom is 0.258 e. The van der Waals surface area contributed by atoms with Crippen LogP contribution < -0.4 is 4.90 Å². The van der Waals surface area contributed by atoms with E-state index in [1.807, 2.05) is 55.5 Å². The Bertz CT molecular complexity index is 578. The van der Waals surface area contributed by atoms with Crippen LogP contribution in [0.1, 0.15) is 21.5 Å². The summed E-state index contributed by atoms with van der Waals surface area (Å²) in [6.07, 6.45) is 0. The fourth-order valence-corrected chi connectivity index (χ4v) is 2.03. The standard InChI is InChI=1S/C16H16ClNO/c1-12-6-8-15(9-7-12)18(2)16(19)14-5-3-4-13(10-14)11-17/h3-10H,11H2,1-2H3. The zero-order chi connectivity index (χ0) is 13.8. The Balaban J connectivity index is 2.25. The minimum absolute atomic E-state index is 0.0316. The van der Waals surface area contributed by atoms with Gasteiger partial charge in [0.05, 0.1) is 0 Å². The normalized spacial score (nSPS) is 10.3. The lowest BCUT2D eigenvalue weighted by molar-refractivity contribution is 0.0993. The van der Waals surface area contributed by atoms with E-state index in [0.717, 1.165) is 11.3 Å². The van der Waals surface area contributed by atoms with Gasteiger partial charge in [-0.1, -0.05) is 29.8 Å². The van der Waals surface area contributed by atoms with Crippen LogP contribution in [0.25, 0.3) is 0 Å². The lowest BCUT2D eigenvalue weighted by Crippen LogP contribution is -2.26. The van der Waals surface area contributed by atoms with Crippen molar-refractivity contribution in [2.75, 3.05) is 11.9 Å². The zero-order valence-electron chi connectivity index (χ0n) is 11.1. The van der Waals surface area contributed by atoms with E-state index < -0.39 is 0 Å². The van der Waals surface area contributed by atoms with Gasteiger partial charge < -0.3 is 4.90 Å². The fourth-order valence-electron chi connectivity index (χ4n) is 1.87. The highest BCUT2D eigenvalue weighted by molar-refractivity contribution is 6.17. The number of carbonyl (C=O) groups excluding carboxylic acids is 1. The van der Waals surface area contributed by atoms with Gasteiger partial charge in [0, 0.05) is 24.2 Å². The number of hydrogen-bond donors (Lipinski definition) is 0. The molecule has 0 heterocycles. The summed E-state index contributed by atoms with van der Waals surface area (Å²) in [6, 6.07) is 15.3. The third kappa shape index (κ3) is 3.15. The van der Waals surface area contributed by atoms with Crippen molar-refractivity contribution >= 4 is 23.2 Å². The summed E-state index contributed by atoms with van der Waals surface area (Å²) < 4.78 is 0. The van der Waals surface area contributed by atoms with Crippen molar-refractivity contribution in [3.8, 4) is 0 Å². The molecule has 0 atom stereocenters. The predicted molar refractivity (Wildman–Crippen MR) is 79.9 cm³/mol. The smallest absolute Gasteiger partial charge is 0.258 e. The Morgan fingerprint density at radius 3 is 2.47 bits per heavy atom. The monoisotopic (exact) mass is 273 g/mol. The Labute approximate surface area is 118 Å². The number of anilines is 1. The zero-order valence-corrected chi connectivity index (χ0v) is 11.8. The number of carbonyl (C=O) groups is 1. The average Bonchev–Trinajstić information content (AvgIpc) is 2.46. The van der Waals surface area contributed by atoms with Crippen LogP contribution in [-0.4, -0.2) is 13.0 Å². The SMILES string of the molecule is Cc1ccc(N(C)C(=O)c2cccc(CCl)c2)cc1. The second kappa shape index (κ2) is 5.89. The third-order valence-electron chi connectivity index (χ3n) is 3.05. The van der Waals surface area contributed by atoms with Gasteiger partial charge in [0.2, 0.25) is 0 Å². The van der Waals surface area contributed by atoms with Gasteiger partial charge >= 0.3 is 0 Å². The summed E-state index contributed by atoms with van der Waals surface area (Å²) in [6.45, 7) is 2.02. The first kappa shape index (κ1) is 13.6. The molecule has 2 rings (SSSR count). The number of nitrogens with zero attached hydrogens (tertiary/aromatic N) is 1. The lowest BCUT2D eigenvalue weighted by Gasteiger charge is -2.18. The first-order valence-corrected chi connectivity index (χ1v) is 6.65. The van der Waals surface area contributed by atoms with Gasteiger partial charge in [-0.25, -0.2) is 0 Å². The van der Waals surface area contributed by atoms with Crippen molar-refractivity contribution in [2.24, 2.45) is 0 Å². The van der Waals surface area contributed by atoms with Gasteiger partial charge in [-0.15, -0.1) is 11.6 Å². The summed E-state index contributed by atoms with van der Waals surface area (Å²) in [5.74, 6) is 0.380. The molecule has 2 aromatic carbocycles. The molecule has 98 valence electrons. The third-order valence-corrected chi connectivity index (χ3v) is 3.36.